The highest BCUT2D eigenvalue weighted by Crippen LogP contribution is 2.26. The molecule has 0 N–H and O–H groups in total. The highest BCUT2D eigenvalue weighted by Gasteiger charge is 2.13. The number of hydrogen-bond donors (Lipinski definition) is 0. The van der Waals surface area contributed by atoms with Crippen molar-refractivity contribution in [1.29, 1.82) is 0 Å². The van der Waals surface area contributed by atoms with Gasteiger partial charge < -0.3 is 8.94 Å². The molecule has 2 heterocycles. The number of hydrogen-bond acceptors (Lipinski definition) is 5. The summed E-state index contributed by atoms with van der Waals surface area (Å²) in [6, 6.07) is 13.5. The molecule has 0 aliphatic rings. The highest BCUT2D eigenvalue weighted by atomic mass is 16.5. The third-order valence-corrected chi connectivity index (χ3v) is 4.30. The Labute approximate surface area is 143 Å². The number of aryl methyl sites for hydroxylation is 1. The zero-order valence-corrected chi connectivity index (χ0v) is 14.2. The molecular weight excluding hydrogens is 318 g/mol. The number of oxazole rings is 1. The Kier molecular flexibility index (Phi) is 3.53. The molecule has 126 valence electrons. The van der Waals surface area contributed by atoms with Gasteiger partial charge in [-0.2, -0.15) is 4.98 Å². The van der Waals surface area contributed by atoms with Crippen molar-refractivity contribution in [3.63, 3.8) is 0 Å². The van der Waals surface area contributed by atoms with E-state index in [9.17, 15) is 4.79 Å². The molecule has 0 spiro atoms. The second-order valence-electron chi connectivity index (χ2n) is 6.31. The van der Waals surface area contributed by atoms with Crippen molar-refractivity contribution in [2.75, 3.05) is 0 Å². The van der Waals surface area contributed by atoms with Gasteiger partial charge in [0.15, 0.2) is 5.58 Å². The first kappa shape index (κ1) is 15.4. The van der Waals surface area contributed by atoms with E-state index < -0.39 is 5.76 Å². The lowest BCUT2D eigenvalue weighted by Gasteiger charge is -2.04. The predicted octanol–water partition coefficient (Wildman–Crippen LogP) is 3.97. The van der Waals surface area contributed by atoms with Crippen LogP contribution in [0.1, 0.15) is 25.3 Å². The van der Waals surface area contributed by atoms with E-state index in [1.165, 1.54) is 10.1 Å². The molecular formula is C19H17N3O3. The van der Waals surface area contributed by atoms with Crippen molar-refractivity contribution in [2.24, 2.45) is 7.05 Å². The van der Waals surface area contributed by atoms with Crippen LogP contribution in [0.25, 0.3) is 33.9 Å². The molecule has 4 aromatic rings. The fourth-order valence-electron chi connectivity index (χ4n) is 2.74. The van der Waals surface area contributed by atoms with Crippen LogP contribution in [0.4, 0.5) is 0 Å². The van der Waals surface area contributed by atoms with Crippen LogP contribution >= 0.6 is 0 Å². The van der Waals surface area contributed by atoms with Gasteiger partial charge in [-0.25, -0.2) is 4.79 Å². The minimum Gasteiger partial charge on any atom is -0.408 e. The summed E-state index contributed by atoms with van der Waals surface area (Å²) in [5.41, 5.74) is 4.08. The Morgan fingerprint density at radius 1 is 1.04 bits per heavy atom. The van der Waals surface area contributed by atoms with Gasteiger partial charge in [0.2, 0.25) is 5.82 Å². The zero-order chi connectivity index (χ0) is 17.6. The van der Waals surface area contributed by atoms with Crippen molar-refractivity contribution < 1.29 is 8.94 Å². The van der Waals surface area contributed by atoms with Crippen molar-refractivity contribution in [2.45, 2.75) is 19.8 Å². The molecule has 4 rings (SSSR count). The summed E-state index contributed by atoms with van der Waals surface area (Å²) in [6.45, 7) is 4.30. The van der Waals surface area contributed by atoms with E-state index in [-0.39, 0.29) is 0 Å². The normalized spacial score (nSPS) is 11.5. The Morgan fingerprint density at radius 3 is 2.48 bits per heavy atom. The van der Waals surface area contributed by atoms with E-state index in [0.717, 1.165) is 16.6 Å². The Balaban J connectivity index is 1.70. The molecule has 0 atom stereocenters. The van der Waals surface area contributed by atoms with Gasteiger partial charge in [-0.3, -0.25) is 4.57 Å². The van der Waals surface area contributed by atoms with Crippen LogP contribution in [-0.4, -0.2) is 14.7 Å². The average molecular weight is 335 g/mol. The van der Waals surface area contributed by atoms with Gasteiger partial charge in [0, 0.05) is 18.2 Å². The van der Waals surface area contributed by atoms with E-state index in [4.69, 9.17) is 8.94 Å². The second kappa shape index (κ2) is 5.73. The van der Waals surface area contributed by atoms with E-state index in [1.807, 2.05) is 24.3 Å². The molecule has 6 heteroatoms. The van der Waals surface area contributed by atoms with Crippen LogP contribution in [0.5, 0.6) is 0 Å². The minimum absolute atomic E-state index is 0.397. The lowest BCUT2D eigenvalue weighted by molar-refractivity contribution is 0.432. The molecule has 0 saturated heterocycles. The monoisotopic (exact) mass is 335 g/mol. The van der Waals surface area contributed by atoms with Crippen LogP contribution in [0.15, 0.2) is 56.2 Å². The fourth-order valence-corrected chi connectivity index (χ4v) is 2.74. The molecule has 0 radical (unpaired) electrons. The van der Waals surface area contributed by atoms with Crippen molar-refractivity contribution in [1.82, 2.24) is 14.7 Å². The van der Waals surface area contributed by atoms with Gasteiger partial charge in [-0.1, -0.05) is 31.1 Å². The molecule has 2 aromatic carbocycles. The van der Waals surface area contributed by atoms with Crippen LogP contribution in [0.3, 0.4) is 0 Å². The summed E-state index contributed by atoms with van der Waals surface area (Å²) < 4.78 is 12.1. The molecule has 0 aliphatic heterocycles. The first-order valence-electron chi connectivity index (χ1n) is 8.07. The first-order chi connectivity index (χ1) is 12.0. The minimum atomic E-state index is -0.397. The summed E-state index contributed by atoms with van der Waals surface area (Å²) in [5, 5.41) is 4.04. The largest absolute Gasteiger partial charge is 0.419 e. The topological polar surface area (TPSA) is 74.1 Å². The van der Waals surface area contributed by atoms with Crippen LogP contribution in [0.2, 0.25) is 0 Å². The van der Waals surface area contributed by atoms with Crippen LogP contribution in [0, 0.1) is 0 Å². The highest BCUT2D eigenvalue weighted by molar-refractivity contribution is 5.78. The third-order valence-electron chi connectivity index (χ3n) is 4.30. The van der Waals surface area contributed by atoms with Crippen LogP contribution in [-0.2, 0) is 7.05 Å². The van der Waals surface area contributed by atoms with Gasteiger partial charge in [0.25, 0.3) is 5.89 Å². The number of benzene rings is 2. The standard InChI is InChI=1S/C19H17N3O3/c1-11(2)12-4-6-13(7-5-12)18-20-17(21-25-18)14-8-9-15-16(10-14)24-19(23)22(15)3/h4-11H,1-3H3. The second-order valence-corrected chi connectivity index (χ2v) is 6.31. The smallest absolute Gasteiger partial charge is 0.408 e. The summed E-state index contributed by atoms with van der Waals surface area (Å²) >= 11 is 0. The quantitative estimate of drug-likeness (QED) is 0.566. The Hall–Kier alpha value is -3.15. The summed E-state index contributed by atoms with van der Waals surface area (Å²) in [7, 11) is 1.67. The molecule has 0 saturated carbocycles. The van der Waals surface area contributed by atoms with E-state index in [1.54, 1.807) is 13.1 Å². The lowest BCUT2D eigenvalue weighted by Crippen LogP contribution is -2.08. The van der Waals surface area contributed by atoms with Gasteiger partial charge in [0.1, 0.15) is 0 Å². The number of fused-ring (bicyclic) bond motifs is 1. The zero-order valence-electron chi connectivity index (χ0n) is 14.2. The number of rotatable bonds is 3. The van der Waals surface area contributed by atoms with Gasteiger partial charge in [-0.15, -0.1) is 0 Å². The SMILES string of the molecule is CC(C)c1ccc(-c2nc(-c3ccc4c(c3)oc(=O)n4C)no2)cc1. The fraction of sp³-hybridized carbons (Fsp3) is 0.211. The van der Waals surface area contributed by atoms with Gasteiger partial charge in [0.05, 0.1) is 5.52 Å². The maximum Gasteiger partial charge on any atom is 0.419 e. The van der Waals surface area contributed by atoms with E-state index in [0.29, 0.717) is 23.2 Å². The van der Waals surface area contributed by atoms with Crippen molar-refractivity contribution in [3.8, 4) is 22.8 Å². The maximum atomic E-state index is 11.6. The summed E-state index contributed by atoms with van der Waals surface area (Å²) in [4.78, 5) is 16.1. The summed E-state index contributed by atoms with van der Waals surface area (Å²) in [6.07, 6.45) is 0. The van der Waals surface area contributed by atoms with Crippen LogP contribution < -0.4 is 5.76 Å². The molecule has 25 heavy (non-hydrogen) atoms. The third kappa shape index (κ3) is 2.65. The number of aromatic nitrogens is 3. The van der Waals surface area contributed by atoms with E-state index >= 15 is 0 Å². The predicted molar refractivity (Wildman–Crippen MR) is 94.3 cm³/mol. The average Bonchev–Trinajstić information content (AvgIpc) is 3.20. The summed E-state index contributed by atoms with van der Waals surface area (Å²) in [5.74, 6) is 0.988. The van der Waals surface area contributed by atoms with E-state index in [2.05, 4.69) is 36.1 Å². The Morgan fingerprint density at radius 2 is 1.76 bits per heavy atom. The molecule has 0 fully saturated rings. The maximum absolute atomic E-state index is 11.6. The van der Waals surface area contributed by atoms with Gasteiger partial charge in [-0.05, 0) is 41.8 Å². The molecule has 0 amide bonds. The molecule has 6 nitrogen and oxygen atoms in total. The van der Waals surface area contributed by atoms with Gasteiger partial charge >= 0.3 is 5.76 Å². The molecule has 0 unspecified atom stereocenters. The lowest BCUT2D eigenvalue weighted by atomic mass is 10.0. The molecule has 0 aliphatic carbocycles. The first-order valence-corrected chi connectivity index (χ1v) is 8.07. The van der Waals surface area contributed by atoms with Crippen molar-refractivity contribution >= 4 is 11.1 Å². The Bertz CT molecular complexity index is 1100. The molecule has 2 aromatic heterocycles. The number of nitrogens with zero attached hydrogens (tertiary/aromatic N) is 3. The molecule has 0 bridgehead atoms. The van der Waals surface area contributed by atoms with Crippen molar-refractivity contribution in [3.05, 3.63) is 58.6 Å².